The van der Waals surface area contributed by atoms with Gasteiger partial charge in [-0.3, -0.25) is 0 Å². The first-order chi connectivity index (χ1) is 7.40. The second-order valence-electron chi connectivity index (χ2n) is 2.83. The van der Waals surface area contributed by atoms with Crippen LogP contribution in [0.1, 0.15) is 0 Å². The molecule has 2 rings (SSSR count). The van der Waals surface area contributed by atoms with E-state index in [0.29, 0.717) is 0 Å². The molecule has 1 heterocycles. The van der Waals surface area contributed by atoms with Crippen molar-refractivity contribution in [2.24, 2.45) is 0 Å². The van der Waals surface area contributed by atoms with Crippen LogP contribution >= 0.6 is 0 Å². The molecule has 0 amide bonds. The first kappa shape index (κ1) is 9.28. The van der Waals surface area contributed by atoms with Crippen LogP contribution in [0.25, 0.3) is 5.69 Å². The van der Waals surface area contributed by atoms with E-state index >= 15 is 0 Å². The molecule has 0 atom stereocenters. The molecule has 2 aromatic rings. The fourth-order valence-electron chi connectivity index (χ4n) is 1.16. The second-order valence-corrected chi connectivity index (χ2v) is 2.83. The maximum Gasteiger partial charge on any atom is 0.148 e. The van der Waals surface area contributed by atoms with Crippen molar-refractivity contribution in [1.29, 1.82) is 0 Å². The molecule has 74 valence electrons. The Morgan fingerprint density at radius 3 is 2.73 bits per heavy atom. The van der Waals surface area contributed by atoms with Crippen LogP contribution in [0.4, 0.5) is 0 Å². The van der Waals surface area contributed by atoms with E-state index in [-0.39, 0.29) is 6.61 Å². The van der Waals surface area contributed by atoms with Crippen molar-refractivity contribution in [3.63, 3.8) is 0 Å². The summed E-state index contributed by atoms with van der Waals surface area (Å²) in [6, 6.07) is 7.46. The molecule has 4 nitrogen and oxygen atoms in total. The van der Waals surface area contributed by atoms with Gasteiger partial charge in [0.25, 0.3) is 0 Å². The molecule has 4 heteroatoms. The Balaban J connectivity index is 2.15. The first-order valence-electron chi connectivity index (χ1n) is 4.41. The van der Waals surface area contributed by atoms with Gasteiger partial charge in [-0.1, -0.05) is 5.92 Å². The molecule has 15 heavy (non-hydrogen) atoms. The zero-order valence-electron chi connectivity index (χ0n) is 8.00. The van der Waals surface area contributed by atoms with Crippen LogP contribution in [0.15, 0.2) is 36.9 Å². The van der Waals surface area contributed by atoms with Gasteiger partial charge in [0.15, 0.2) is 0 Å². The molecular formula is C11H9N3O. The Hall–Kier alpha value is -2.28. The van der Waals surface area contributed by atoms with E-state index in [0.717, 1.165) is 11.4 Å². The molecule has 0 saturated carbocycles. The van der Waals surface area contributed by atoms with Crippen LogP contribution < -0.4 is 4.74 Å². The number of hydrogen-bond acceptors (Lipinski definition) is 3. The monoisotopic (exact) mass is 199 g/mol. The van der Waals surface area contributed by atoms with Crippen LogP contribution in [0.2, 0.25) is 0 Å². The minimum atomic E-state index is 0.280. The first-order valence-corrected chi connectivity index (χ1v) is 4.41. The zero-order valence-corrected chi connectivity index (χ0v) is 8.00. The smallest absolute Gasteiger partial charge is 0.148 e. The van der Waals surface area contributed by atoms with Gasteiger partial charge >= 0.3 is 0 Å². The van der Waals surface area contributed by atoms with Crippen molar-refractivity contribution in [2.45, 2.75) is 0 Å². The van der Waals surface area contributed by atoms with E-state index in [1.807, 2.05) is 24.3 Å². The summed E-state index contributed by atoms with van der Waals surface area (Å²) < 4.78 is 6.92. The summed E-state index contributed by atoms with van der Waals surface area (Å²) >= 11 is 0. The second kappa shape index (κ2) is 4.29. The third kappa shape index (κ3) is 2.15. The number of nitrogens with zero attached hydrogens (tertiary/aromatic N) is 3. The highest BCUT2D eigenvalue weighted by Crippen LogP contribution is 2.13. The zero-order chi connectivity index (χ0) is 10.5. The Morgan fingerprint density at radius 1 is 1.33 bits per heavy atom. The summed E-state index contributed by atoms with van der Waals surface area (Å²) in [5.41, 5.74) is 0.931. The van der Waals surface area contributed by atoms with Crippen LogP contribution in [0.3, 0.4) is 0 Å². The van der Waals surface area contributed by atoms with Gasteiger partial charge in [0, 0.05) is 0 Å². The van der Waals surface area contributed by atoms with Crippen molar-refractivity contribution in [1.82, 2.24) is 14.8 Å². The normalized spacial score (nSPS) is 9.53. The van der Waals surface area contributed by atoms with Gasteiger partial charge in [-0.2, -0.15) is 5.10 Å². The molecule has 0 saturated heterocycles. The summed E-state index contributed by atoms with van der Waals surface area (Å²) in [5.74, 6) is 3.16. The summed E-state index contributed by atoms with van der Waals surface area (Å²) in [7, 11) is 0. The van der Waals surface area contributed by atoms with Crippen molar-refractivity contribution < 1.29 is 4.74 Å². The lowest BCUT2D eigenvalue weighted by molar-refractivity contribution is 0.370. The Kier molecular flexibility index (Phi) is 2.65. The van der Waals surface area contributed by atoms with E-state index < -0.39 is 0 Å². The van der Waals surface area contributed by atoms with E-state index in [2.05, 4.69) is 16.0 Å². The summed E-state index contributed by atoms with van der Waals surface area (Å²) in [6.45, 7) is 0.280. The lowest BCUT2D eigenvalue weighted by Crippen LogP contribution is -1.96. The quantitative estimate of drug-likeness (QED) is 0.699. The predicted molar refractivity (Wildman–Crippen MR) is 55.7 cm³/mol. The van der Waals surface area contributed by atoms with Crippen molar-refractivity contribution in [3.8, 4) is 23.8 Å². The third-order valence-corrected chi connectivity index (χ3v) is 1.84. The van der Waals surface area contributed by atoms with Gasteiger partial charge in [-0.25, -0.2) is 9.67 Å². The van der Waals surface area contributed by atoms with E-state index in [4.69, 9.17) is 11.2 Å². The standard InChI is InChI=1S/C11H9N3O/c1-2-7-15-11-5-3-10(4-6-11)14-9-12-8-13-14/h1,3-6,8-9H,7H2. The molecule has 0 aliphatic carbocycles. The Morgan fingerprint density at radius 2 is 2.13 bits per heavy atom. The minimum absolute atomic E-state index is 0.280. The van der Waals surface area contributed by atoms with Gasteiger partial charge in [-0.15, -0.1) is 6.42 Å². The number of benzene rings is 1. The third-order valence-electron chi connectivity index (χ3n) is 1.84. The SMILES string of the molecule is C#CCOc1ccc(-n2cncn2)cc1. The lowest BCUT2D eigenvalue weighted by Gasteiger charge is -2.03. The van der Waals surface area contributed by atoms with Crippen molar-refractivity contribution in [3.05, 3.63) is 36.9 Å². The van der Waals surface area contributed by atoms with Gasteiger partial charge in [0.05, 0.1) is 5.69 Å². The fourth-order valence-corrected chi connectivity index (χ4v) is 1.16. The summed E-state index contributed by atoms with van der Waals surface area (Å²) in [5, 5.41) is 4.01. The average Bonchev–Trinajstić information content (AvgIpc) is 2.80. The molecule has 0 aliphatic heterocycles. The van der Waals surface area contributed by atoms with E-state index in [9.17, 15) is 0 Å². The molecule has 0 bridgehead atoms. The Labute approximate surface area is 87.5 Å². The number of rotatable bonds is 3. The predicted octanol–water partition coefficient (Wildman–Crippen LogP) is 1.28. The molecule has 0 aliphatic rings. The maximum absolute atomic E-state index is 5.25. The van der Waals surface area contributed by atoms with E-state index in [1.54, 1.807) is 11.0 Å². The van der Waals surface area contributed by atoms with Gasteiger partial charge in [0.1, 0.15) is 25.0 Å². The molecule has 1 aromatic carbocycles. The average molecular weight is 199 g/mol. The topological polar surface area (TPSA) is 39.9 Å². The molecule has 0 unspecified atom stereocenters. The van der Waals surface area contributed by atoms with Crippen LogP contribution in [-0.4, -0.2) is 21.4 Å². The number of aromatic nitrogens is 3. The van der Waals surface area contributed by atoms with Gasteiger partial charge < -0.3 is 4.74 Å². The highest BCUT2D eigenvalue weighted by Gasteiger charge is 1.97. The van der Waals surface area contributed by atoms with Gasteiger partial charge in [0.2, 0.25) is 0 Å². The van der Waals surface area contributed by atoms with Crippen molar-refractivity contribution in [2.75, 3.05) is 6.61 Å². The fraction of sp³-hybridized carbons (Fsp3) is 0.0909. The lowest BCUT2D eigenvalue weighted by atomic mass is 10.3. The maximum atomic E-state index is 5.25. The molecular weight excluding hydrogens is 190 g/mol. The largest absolute Gasteiger partial charge is 0.481 e. The number of ether oxygens (including phenoxy) is 1. The van der Waals surface area contributed by atoms with Crippen LogP contribution in [0.5, 0.6) is 5.75 Å². The van der Waals surface area contributed by atoms with E-state index in [1.165, 1.54) is 6.33 Å². The number of terminal acetylenes is 1. The molecule has 0 fully saturated rings. The summed E-state index contributed by atoms with van der Waals surface area (Å²) in [4.78, 5) is 3.86. The summed E-state index contributed by atoms with van der Waals surface area (Å²) in [6.07, 6.45) is 8.21. The molecule has 0 spiro atoms. The Bertz CT molecular complexity index is 454. The molecule has 1 aromatic heterocycles. The van der Waals surface area contributed by atoms with Crippen LogP contribution in [0, 0.1) is 12.3 Å². The number of hydrogen-bond donors (Lipinski definition) is 0. The highest BCUT2D eigenvalue weighted by molar-refractivity contribution is 5.36. The molecule has 0 radical (unpaired) electrons. The molecule has 0 N–H and O–H groups in total. The van der Waals surface area contributed by atoms with Gasteiger partial charge in [-0.05, 0) is 24.3 Å². The van der Waals surface area contributed by atoms with Crippen LogP contribution in [-0.2, 0) is 0 Å². The minimum Gasteiger partial charge on any atom is -0.481 e. The highest BCUT2D eigenvalue weighted by atomic mass is 16.5. The van der Waals surface area contributed by atoms with Crippen molar-refractivity contribution >= 4 is 0 Å².